The molecule has 1 aromatic carbocycles. The van der Waals surface area contributed by atoms with Gasteiger partial charge in [0.1, 0.15) is 0 Å². The zero-order valence-electron chi connectivity index (χ0n) is 12.0. The first-order chi connectivity index (χ1) is 11.2. The van der Waals surface area contributed by atoms with E-state index < -0.39 is 11.8 Å². The van der Waals surface area contributed by atoms with Crippen molar-refractivity contribution in [2.45, 2.75) is 6.61 Å². The first kappa shape index (κ1) is 15.2. The van der Waals surface area contributed by atoms with E-state index in [1.165, 1.54) is 30.6 Å². The van der Waals surface area contributed by atoms with Crippen molar-refractivity contribution < 1.29 is 23.2 Å². The van der Waals surface area contributed by atoms with Crippen LogP contribution in [0.4, 0.5) is 4.39 Å². The van der Waals surface area contributed by atoms with Crippen LogP contribution in [-0.2, 0) is 11.3 Å². The third-order valence-electron chi connectivity index (χ3n) is 2.92. The van der Waals surface area contributed by atoms with Crippen LogP contribution in [-0.4, -0.2) is 23.2 Å². The summed E-state index contributed by atoms with van der Waals surface area (Å²) in [5, 5.41) is 5.70. The molecule has 0 saturated heterocycles. The molecule has 2 aromatic heterocycles. The predicted octanol–water partition coefficient (Wildman–Crippen LogP) is 3.30. The van der Waals surface area contributed by atoms with E-state index in [1.807, 2.05) is 17.5 Å². The topological polar surface area (TPSA) is 74.5 Å². The van der Waals surface area contributed by atoms with Crippen molar-refractivity contribution in [2.24, 2.45) is 0 Å². The average molecular weight is 334 g/mol. The molecule has 0 unspecified atom stereocenters. The van der Waals surface area contributed by atoms with E-state index in [2.05, 4.69) is 10.1 Å². The molecule has 0 amide bonds. The van der Waals surface area contributed by atoms with Gasteiger partial charge in [-0.3, -0.25) is 0 Å². The normalized spacial score (nSPS) is 10.5. The standard InChI is InChI=1S/C15H11FN2O4S/c1-20-11-5-4-9(7-10(11)16)15(19)21-8-13-17-14(18-22-13)12-3-2-6-23-12/h2-7H,8H2,1H3. The second-order valence-corrected chi connectivity index (χ2v) is 5.36. The lowest BCUT2D eigenvalue weighted by Gasteiger charge is -2.04. The van der Waals surface area contributed by atoms with E-state index in [4.69, 9.17) is 14.0 Å². The Morgan fingerprint density at radius 2 is 2.26 bits per heavy atom. The van der Waals surface area contributed by atoms with E-state index in [1.54, 1.807) is 0 Å². The SMILES string of the molecule is COc1ccc(C(=O)OCc2nc(-c3cccs3)no2)cc1F. The number of esters is 1. The summed E-state index contributed by atoms with van der Waals surface area (Å²) < 4.78 is 28.4. The molecule has 3 aromatic rings. The smallest absolute Gasteiger partial charge is 0.338 e. The Morgan fingerprint density at radius 1 is 1.39 bits per heavy atom. The van der Waals surface area contributed by atoms with Crippen molar-refractivity contribution in [1.29, 1.82) is 0 Å². The van der Waals surface area contributed by atoms with Gasteiger partial charge in [-0.05, 0) is 29.6 Å². The number of hydrogen-bond donors (Lipinski definition) is 0. The number of rotatable bonds is 5. The number of carbonyl (C=O) groups is 1. The largest absolute Gasteiger partial charge is 0.494 e. The minimum absolute atomic E-state index is 0.0547. The van der Waals surface area contributed by atoms with Gasteiger partial charge in [-0.1, -0.05) is 11.2 Å². The second kappa shape index (κ2) is 6.57. The number of nitrogens with zero attached hydrogens (tertiary/aromatic N) is 2. The minimum Gasteiger partial charge on any atom is -0.494 e. The van der Waals surface area contributed by atoms with Gasteiger partial charge in [0.15, 0.2) is 18.2 Å². The van der Waals surface area contributed by atoms with Crippen LogP contribution < -0.4 is 4.74 Å². The number of thiophene rings is 1. The molecule has 0 radical (unpaired) electrons. The first-order valence-corrected chi connectivity index (χ1v) is 7.42. The Hall–Kier alpha value is -2.74. The minimum atomic E-state index is -0.692. The van der Waals surface area contributed by atoms with Gasteiger partial charge in [0, 0.05) is 0 Å². The highest BCUT2D eigenvalue weighted by molar-refractivity contribution is 7.13. The maximum absolute atomic E-state index is 13.6. The molecule has 6 nitrogen and oxygen atoms in total. The summed E-state index contributed by atoms with van der Waals surface area (Å²) in [6.45, 7) is -0.190. The number of hydrogen-bond acceptors (Lipinski definition) is 7. The molecular formula is C15H11FN2O4S. The quantitative estimate of drug-likeness (QED) is 0.667. The van der Waals surface area contributed by atoms with Gasteiger partial charge < -0.3 is 14.0 Å². The van der Waals surface area contributed by atoms with Gasteiger partial charge in [0.25, 0.3) is 5.89 Å². The zero-order valence-corrected chi connectivity index (χ0v) is 12.8. The summed E-state index contributed by atoms with van der Waals surface area (Å²) in [5.41, 5.74) is 0.0706. The highest BCUT2D eigenvalue weighted by atomic mass is 32.1. The maximum Gasteiger partial charge on any atom is 0.338 e. The molecule has 0 fully saturated rings. The van der Waals surface area contributed by atoms with Crippen LogP contribution in [0.15, 0.2) is 40.2 Å². The van der Waals surface area contributed by atoms with Crippen LogP contribution in [0, 0.1) is 5.82 Å². The van der Waals surface area contributed by atoms with Crippen molar-refractivity contribution in [1.82, 2.24) is 10.1 Å². The summed E-state index contributed by atoms with van der Waals surface area (Å²) in [7, 11) is 1.34. The molecule has 8 heteroatoms. The molecule has 0 aliphatic heterocycles. The van der Waals surface area contributed by atoms with Crippen molar-refractivity contribution in [3.8, 4) is 16.5 Å². The van der Waals surface area contributed by atoms with Crippen molar-refractivity contribution in [3.63, 3.8) is 0 Å². The zero-order chi connectivity index (χ0) is 16.2. The van der Waals surface area contributed by atoms with Crippen LogP contribution in [0.2, 0.25) is 0 Å². The second-order valence-electron chi connectivity index (χ2n) is 4.41. The number of halogens is 1. The van der Waals surface area contributed by atoms with Crippen molar-refractivity contribution in [3.05, 3.63) is 53.0 Å². The van der Waals surface area contributed by atoms with E-state index in [9.17, 15) is 9.18 Å². The molecular weight excluding hydrogens is 323 g/mol. The molecule has 0 N–H and O–H groups in total. The molecule has 0 aliphatic carbocycles. The fraction of sp³-hybridized carbons (Fsp3) is 0.133. The molecule has 0 bridgehead atoms. The lowest BCUT2D eigenvalue weighted by Crippen LogP contribution is -2.06. The Balaban J connectivity index is 1.64. The van der Waals surface area contributed by atoms with E-state index in [0.29, 0.717) is 5.82 Å². The summed E-state index contributed by atoms with van der Waals surface area (Å²) >= 11 is 1.47. The van der Waals surface area contributed by atoms with Crippen LogP contribution in [0.1, 0.15) is 16.2 Å². The van der Waals surface area contributed by atoms with E-state index in [-0.39, 0.29) is 23.8 Å². The van der Waals surface area contributed by atoms with Gasteiger partial charge >= 0.3 is 5.97 Å². The van der Waals surface area contributed by atoms with Gasteiger partial charge in [-0.15, -0.1) is 11.3 Å². The number of ether oxygens (including phenoxy) is 2. The highest BCUT2D eigenvalue weighted by Gasteiger charge is 2.14. The van der Waals surface area contributed by atoms with E-state index >= 15 is 0 Å². The Labute approximate surface area is 134 Å². The summed E-state index contributed by atoms with van der Waals surface area (Å²) in [4.78, 5) is 16.9. The van der Waals surface area contributed by atoms with Gasteiger partial charge in [0.05, 0.1) is 17.6 Å². The molecule has 118 valence electrons. The van der Waals surface area contributed by atoms with Crippen LogP contribution in [0.5, 0.6) is 5.75 Å². The average Bonchev–Trinajstić information content (AvgIpc) is 3.23. The van der Waals surface area contributed by atoms with Crippen molar-refractivity contribution in [2.75, 3.05) is 7.11 Å². The molecule has 23 heavy (non-hydrogen) atoms. The summed E-state index contributed by atoms with van der Waals surface area (Å²) in [5.74, 6) is -0.682. The highest BCUT2D eigenvalue weighted by Crippen LogP contribution is 2.22. The Bertz CT molecular complexity index is 817. The monoisotopic (exact) mass is 334 g/mol. The third-order valence-corrected chi connectivity index (χ3v) is 3.79. The summed E-state index contributed by atoms with van der Waals surface area (Å²) in [6.07, 6.45) is 0. The molecule has 0 spiro atoms. The number of carbonyl (C=O) groups excluding carboxylic acids is 1. The van der Waals surface area contributed by atoms with Crippen LogP contribution in [0.25, 0.3) is 10.7 Å². The van der Waals surface area contributed by atoms with Crippen LogP contribution >= 0.6 is 11.3 Å². The summed E-state index contributed by atoms with van der Waals surface area (Å²) in [6, 6.07) is 7.54. The fourth-order valence-corrected chi connectivity index (χ4v) is 2.47. The van der Waals surface area contributed by atoms with Gasteiger partial charge in [0.2, 0.25) is 5.82 Å². The third kappa shape index (κ3) is 3.37. The maximum atomic E-state index is 13.6. The van der Waals surface area contributed by atoms with Gasteiger partial charge in [-0.25, -0.2) is 9.18 Å². The van der Waals surface area contributed by atoms with Crippen molar-refractivity contribution >= 4 is 17.3 Å². The Kier molecular flexibility index (Phi) is 4.33. The molecule has 0 atom stereocenters. The first-order valence-electron chi connectivity index (χ1n) is 6.54. The van der Waals surface area contributed by atoms with E-state index in [0.717, 1.165) is 10.9 Å². The number of methoxy groups -OCH3 is 1. The van der Waals surface area contributed by atoms with Gasteiger partial charge in [-0.2, -0.15) is 4.98 Å². The lowest BCUT2D eigenvalue weighted by atomic mass is 10.2. The molecule has 3 rings (SSSR count). The molecule has 0 aliphatic rings. The van der Waals surface area contributed by atoms with Crippen LogP contribution in [0.3, 0.4) is 0 Å². The number of aromatic nitrogens is 2. The fourth-order valence-electron chi connectivity index (χ4n) is 1.82. The lowest BCUT2D eigenvalue weighted by molar-refractivity contribution is 0.0429. The molecule has 0 saturated carbocycles. The number of benzene rings is 1. The predicted molar refractivity (Wildman–Crippen MR) is 79.7 cm³/mol. The Morgan fingerprint density at radius 3 is 2.96 bits per heavy atom. The molecule has 2 heterocycles.